The zero-order valence-electron chi connectivity index (χ0n) is 11.5. The molecule has 0 amide bonds. The first kappa shape index (κ1) is 16.4. The summed E-state index contributed by atoms with van der Waals surface area (Å²) in [6.45, 7) is 4.73. The van der Waals surface area contributed by atoms with Gasteiger partial charge >= 0.3 is 5.97 Å². The van der Waals surface area contributed by atoms with Crippen molar-refractivity contribution in [2.75, 3.05) is 19.0 Å². The molecule has 0 unspecified atom stereocenters. The van der Waals surface area contributed by atoms with Gasteiger partial charge < -0.3 is 9.84 Å². The Morgan fingerprint density at radius 3 is 2.42 bits per heavy atom. The number of ether oxygens (including phenoxy) is 1. The van der Waals surface area contributed by atoms with Crippen LogP contribution in [0.5, 0.6) is 0 Å². The van der Waals surface area contributed by atoms with Gasteiger partial charge in [-0.2, -0.15) is 0 Å². The summed E-state index contributed by atoms with van der Waals surface area (Å²) in [5, 5.41) is 8.98. The molecule has 0 aromatic heterocycles. The first-order valence-corrected chi connectivity index (χ1v) is 8.27. The molecule has 112 valence electrons. The fourth-order valence-electron chi connectivity index (χ4n) is 2.08. The Bertz CT molecular complexity index is 387. The third kappa shape index (κ3) is 5.88. The van der Waals surface area contributed by atoms with E-state index in [0.29, 0.717) is 25.6 Å². The number of rotatable bonds is 7. The molecule has 1 atom stereocenters. The average molecular weight is 293 g/mol. The van der Waals surface area contributed by atoms with E-state index in [4.69, 9.17) is 9.84 Å². The summed E-state index contributed by atoms with van der Waals surface area (Å²) in [4.78, 5) is 11.0. The minimum atomic E-state index is -3.54. The molecule has 0 aromatic carbocycles. The fraction of sp³-hybridized carbons (Fsp3) is 0.917. The van der Waals surface area contributed by atoms with Crippen LogP contribution in [0.2, 0.25) is 0 Å². The Labute approximate surface area is 114 Å². The Kier molecular flexibility index (Phi) is 6.22. The molecule has 1 aliphatic heterocycles. The smallest absolute Gasteiger partial charge is 0.321 e. The molecule has 2 N–H and O–H groups in total. The summed E-state index contributed by atoms with van der Waals surface area (Å²) in [5.41, 5.74) is 0. The molecule has 0 aliphatic carbocycles. The van der Waals surface area contributed by atoms with E-state index in [2.05, 4.69) is 4.72 Å². The average Bonchev–Trinajstić information content (AvgIpc) is 2.34. The normalized spacial score (nSPS) is 19.5. The van der Waals surface area contributed by atoms with Gasteiger partial charge in [-0.05, 0) is 31.1 Å². The Hall–Kier alpha value is -0.660. The molecule has 1 rings (SSSR count). The second kappa shape index (κ2) is 7.21. The first-order chi connectivity index (χ1) is 8.82. The molecule has 0 radical (unpaired) electrons. The molecule has 0 aromatic rings. The third-order valence-corrected chi connectivity index (χ3v) is 4.76. The van der Waals surface area contributed by atoms with Crippen molar-refractivity contribution in [1.82, 2.24) is 4.72 Å². The quantitative estimate of drug-likeness (QED) is 0.725. The van der Waals surface area contributed by atoms with E-state index in [1.165, 1.54) is 0 Å². The molecule has 19 heavy (non-hydrogen) atoms. The summed E-state index contributed by atoms with van der Waals surface area (Å²) in [6, 6.07) is -1.06. The van der Waals surface area contributed by atoms with Crippen molar-refractivity contribution < 1.29 is 23.1 Å². The lowest BCUT2D eigenvalue weighted by Gasteiger charge is -2.23. The SMILES string of the molecule is CC(C)[C@@H](NS(=O)(=O)CCC1CCOCC1)C(=O)O. The predicted octanol–water partition coefficient (Wildman–Crippen LogP) is 0.832. The Morgan fingerprint density at radius 2 is 1.95 bits per heavy atom. The highest BCUT2D eigenvalue weighted by molar-refractivity contribution is 7.89. The van der Waals surface area contributed by atoms with Crippen LogP contribution >= 0.6 is 0 Å². The minimum Gasteiger partial charge on any atom is -0.480 e. The number of hydrogen-bond donors (Lipinski definition) is 2. The highest BCUT2D eigenvalue weighted by atomic mass is 32.2. The highest BCUT2D eigenvalue weighted by Gasteiger charge is 2.27. The fourth-order valence-corrected chi connectivity index (χ4v) is 3.60. The molecule has 7 heteroatoms. The summed E-state index contributed by atoms with van der Waals surface area (Å²) in [5.74, 6) is -1.08. The second-order valence-electron chi connectivity index (χ2n) is 5.34. The minimum absolute atomic E-state index is 0.0197. The van der Waals surface area contributed by atoms with Crippen LogP contribution < -0.4 is 4.72 Å². The van der Waals surface area contributed by atoms with Crippen molar-refractivity contribution in [2.24, 2.45) is 11.8 Å². The van der Waals surface area contributed by atoms with Crippen LogP contribution in [0.15, 0.2) is 0 Å². The van der Waals surface area contributed by atoms with Gasteiger partial charge in [0.1, 0.15) is 6.04 Å². The molecule has 1 fully saturated rings. The zero-order chi connectivity index (χ0) is 14.5. The molecule has 1 saturated heterocycles. The van der Waals surface area contributed by atoms with Crippen molar-refractivity contribution in [1.29, 1.82) is 0 Å². The van der Waals surface area contributed by atoms with Crippen molar-refractivity contribution >= 4 is 16.0 Å². The van der Waals surface area contributed by atoms with Gasteiger partial charge in [0.2, 0.25) is 10.0 Å². The van der Waals surface area contributed by atoms with E-state index >= 15 is 0 Å². The van der Waals surface area contributed by atoms with Crippen molar-refractivity contribution in [2.45, 2.75) is 39.2 Å². The van der Waals surface area contributed by atoms with E-state index in [1.54, 1.807) is 13.8 Å². The summed E-state index contributed by atoms with van der Waals surface area (Å²) in [6.07, 6.45) is 2.31. The standard InChI is InChI=1S/C12H23NO5S/c1-9(2)11(12(14)15)13-19(16,17)8-5-10-3-6-18-7-4-10/h9-11,13H,3-8H2,1-2H3,(H,14,15)/t11-/m1/s1. The van der Waals surface area contributed by atoms with Crippen molar-refractivity contribution in [3.05, 3.63) is 0 Å². The van der Waals surface area contributed by atoms with Gasteiger partial charge in [-0.15, -0.1) is 0 Å². The Morgan fingerprint density at radius 1 is 1.37 bits per heavy atom. The maximum atomic E-state index is 11.9. The van der Waals surface area contributed by atoms with E-state index in [1.807, 2.05) is 0 Å². The monoisotopic (exact) mass is 293 g/mol. The maximum Gasteiger partial charge on any atom is 0.321 e. The van der Waals surface area contributed by atoms with Gasteiger partial charge in [0.25, 0.3) is 0 Å². The molecular weight excluding hydrogens is 270 g/mol. The number of carboxylic acid groups (broad SMARTS) is 1. The van der Waals surface area contributed by atoms with Gasteiger partial charge in [0.05, 0.1) is 5.75 Å². The number of nitrogens with one attached hydrogen (secondary N) is 1. The zero-order valence-corrected chi connectivity index (χ0v) is 12.3. The van der Waals surface area contributed by atoms with Gasteiger partial charge in [0, 0.05) is 13.2 Å². The predicted molar refractivity (Wildman–Crippen MR) is 71.3 cm³/mol. The van der Waals surface area contributed by atoms with Crippen LogP contribution in [0.3, 0.4) is 0 Å². The third-order valence-electron chi connectivity index (χ3n) is 3.37. The van der Waals surface area contributed by atoms with Crippen LogP contribution in [0.4, 0.5) is 0 Å². The van der Waals surface area contributed by atoms with Crippen molar-refractivity contribution in [3.63, 3.8) is 0 Å². The van der Waals surface area contributed by atoms with E-state index in [9.17, 15) is 13.2 Å². The van der Waals surface area contributed by atoms with Crippen LogP contribution in [0, 0.1) is 11.8 Å². The van der Waals surface area contributed by atoms with E-state index in [-0.39, 0.29) is 11.7 Å². The molecule has 0 saturated carbocycles. The molecule has 6 nitrogen and oxygen atoms in total. The van der Waals surface area contributed by atoms with Gasteiger partial charge in [-0.1, -0.05) is 13.8 Å². The van der Waals surface area contributed by atoms with Crippen LogP contribution in [0.1, 0.15) is 33.1 Å². The highest BCUT2D eigenvalue weighted by Crippen LogP contribution is 2.19. The lowest BCUT2D eigenvalue weighted by atomic mass is 9.98. The number of hydrogen-bond acceptors (Lipinski definition) is 4. The lowest BCUT2D eigenvalue weighted by Crippen LogP contribution is -2.45. The van der Waals surface area contributed by atoms with Crippen LogP contribution in [0.25, 0.3) is 0 Å². The topological polar surface area (TPSA) is 92.7 Å². The number of carboxylic acids is 1. The maximum absolute atomic E-state index is 11.9. The number of carbonyl (C=O) groups is 1. The van der Waals surface area contributed by atoms with E-state index in [0.717, 1.165) is 12.8 Å². The lowest BCUT2D eigenvalue weighted by molar-refractivity contribution is -0.140. The first-order valence-electron chi connectivity index (χ1n) is 6.62. The summed E-state index contributed by atoms with van der Waals surface area (Å²) in [7, 11) is -3.54. The van der Waals surface area contributed by atoms with Gasteiger partial charge in [-0.25, -0.2) is 13.1 Å². The van der Waals surface area contributed by atoms with Crippen LogP contribution in [-0.2, 0) is 19.6 Å². The summed E-state index contributed by atoms with van der Waals surface area (Å²) < 4.78 is 31.3. The Balaban J connectivity index is 2.48. The molecule has 0 bridgehead atoms. The van der Waals surface area contributed by atoms with Crippen LogP contribution in [-0.4, -0.2) is 44.5 Å². The molecular formula is C12H23NO5S. The second-order valence-corrected chi connectivity index (χ2v) is 7.21. The number of aliphatic carboxylic acids is 1. The largest absolute Gasteiger partial charge is 0.480 e. The van der Waals surface area contributed by atoms with Gasteiger partial charge in [0.15, 0.2) is 0 Å². The van der Waals surface area contributed by atoms with Gasteiger partial charge in [-0.3, -0.25) is 4.79 Å². The molecule has 1 aliphatic rings. The molecule has 1 heterocycles. The number of sulfonamides is 1. The summed E-state index contributed by atoms with van der Waals surface area (Å²) >= 11 is 0. The molecule has 0 spiro atoms. The van der Waals surface area contributed by atoms with Crippen molar-refractivity contribution in [3.8, 4) is 0 Å². The van der Waals surface area contributed by atoms with E-state index < -0.39 is 22.0 Å².